The molecular weight excluding hydrogens is 204 g/mol. The number of carbonyl (C=O) groups is 1. The first-order chi connectivity index (χ1) is 7.04. The molecule has 0 heterocycles. The first-order valence-electron chi connectivity index (χ1n) is 4.32. The van der Waals surface area contributed by atoms with Gasteiger partial charge in [0, 0.05) is 12.5 Å². The van der Waals surface area contributed by atoms with Crippen molar-refractivity contribution in [3.8, 4) is 0 Å². The van der Waals surface area contributed by atoms with Gasteiger partial charge >= 0.3 is 5.97 Å². The highest BCUT2D eigenvalue weighted by atomic mass is 19.1. The third-order valence-corrected chi connectivity index (χ3v) is 1.96. The van der Waals surface area contributed by atoms with Crippen LogP contribution in [0.4, 0.5) is 8.78 Å². The molecule has 0 aliphatic carbocycles. The summed E-state index contributed by atoms with van der Waals surface area (Å²) in [6, 6.07) is 2.19. The number of hydrogen-bond acceptors (Lipinski definition) is 3. The molecule has 0 saturated carbocycles. The molecule has 1 aromatic carbocycles. The van der Waals surface area contributed by atoms with Gasteiger partial charge in [-0.15, -0.1) is 0 Å². The highest BCUT2D eigenvalue weighted by Crippen LogP contribution is 2.11. The molecule has 0 radical (unpaired) electrons. The molecule has 5 heteroatoms. The van der Waals surface area contributed by atoms with Gasteiger partial charge in [-0.2, -0.15) is 0 Å². The number of rotatable bonds is 3. The number of carbonyl (C=O) groups excluding carboxylic acids is 1. The number of methoxy groups -OCH3 is 1. The molecule has 0 unspecified atom stereocenters. The van der Waals surface area contributed by atoms with Crippen LogP contribution in [0.5, 0.6) is 0 Å². The van der Waals surface area contributed by atoms with Crippen LogP contribution < -0.4 is 5.73 Å². The van der Waals surface area contributed by atoms with Gasteiger partial charge < -0.3 is 10.5 Å². The highest BCUT2D eigenvalue weighted by Gasteiger charge is 2.16. The molecule has 0 amide bonds. The molecular formula is C10H11F2NO2. The van der Waals surface area contributed by atoms with E-state index < -0.39 is 23.6 Å². The van der Waals surface area contributed by atoms with E-state index in [1.54, 1.807) is 0 Å². The summed E-state index contributed by atoms with van der Waals surface area (Å²) in [6.07, 6.45) is -0.0151. The Bertz CT molecular complexity index is 368. The molecule has 0 aliphatic heterocycles. The normalized spacial score (nSPS) is 12.3. The Morgan fingerprint density at radius 2 is 2.20 bits per heavy atom. The van der Waals surface area contributed by atoms with Crippen molar-refractivity contribution in [2.75, 3.05) is 7.11 Å². The molecule has 1 aromatic rings. The van der Waals surface area contributed by atoms with Crippen LogP contribution in [0.15, 0.2) is 18.2 Å². The quantitative estimate of drug-likeness (QED) is 0.765. The second-order valence-electron chi connectivity index (χ2n) is 3.07. The zero-order valence-electron chi connectivity index (χ0n) is 8.17. The first kappa shape index (κ1) is 11.6. The smallest absolute Gasteiger partial charge is 0.322 e. The predicted molar refractivity (Wildman–Crippen MR) is 50.1 cm³/mol. The van der Waals surface area contributed by atoms with Gasteiger partial charge in [0.05, 0.1) is 7.11 Å². The SMILES string of the molecule is COC(=O)[C@H](N)Cc1ccc(F)cc1F. The van der Waals surface area contributed by atoms with Crippen LogP contribution in [0.2, 0.25) is 0 Å². The maximum absolute atomic E-state index is 13.1. The fourth-order valence-corrected chi connectivity index (χ4v) is 1.16. The van der Waals surface area contributed by atoms with Crippen molar-refractivity contribution in [2.24, 2.45) is 5.73 Å². The molecule has 1 atom stereocenters. The Morgan fingerprint density at radius 1 is 1.53 bits per heavy atom. The lowest BCUT2D eigenvalue weighted by atomic mass is 10.1. The standard InChI is InChI=1S/C10H11F2NO2/c1-15-10(14)9(13)4-6-2-3-7(11)5-8(6)12/h2-3,5,9H,4,13H2,1H3/t9-/m1/s1. The third-order valence-electron chi connectivity index (χ3n) is 1.96. The summed E-state index contributed by atoms with van der Waals surface area (Å²) in [5.74, 6) is -2.00. The van der Waals surface area contributed by atoms with Gasteiger partial charge in [-0.3, -0.25) is 4.79 Å². The molecule has 82 valence electrons. The maximum Gasteiger partial charge on any atom is 0.322 e. The lowest BCUT2D eigenvalue weighted by molar-refractivity contribution is -0.142. The average Bonchev–Trinajstić information content (AvgIpc) is 2.20. The average molecular weight is 215 g/mol. The summed E-state index contributed by atoms with van der Waals surface area (Å²) in [5, 5.41) is 0. The van der Waals surface area contributed by atoms with Gasteiger partial charge in [0.15, 0.2) is 0 Å². The zero-order chi connectivity index (χ0) is 11.4. The fourth-order valence-electron chi connectivity index (χ4n) is 1.16. The molecule has 0 fully saturated rings. The number of halogens is 2. The summed E-state index contributed by atoms with van der Waals surface area (Å²) in [4.78, 5) is 11.0. The molecule has 0 bridgehead atoms. The molecule has 0 spiro atoms. The van der Waals surface area contributed by atoms with Crippen molar-refractivity contribution in [3.05, 3.63) is 35.4 Å². The van der Waals surface area contributed by atoms with Crippen LogP contribution in [0.25, 0.3) is 0 Å². The van der Waals surface area contributed by atoms with E-state index in [2.05, 4.69) is 4.74 Å². The van der Waals surface area contributed by atoms with E-state index in [4.69, 9.17) is 5.73 Å². The topological polar surface area (TPSA) is 52.3 Å². The van der Waals surface area contributed by atoms with Crippen LogP contribution in [0.1, 0.15) is 5.56 Å². The van der Waals surface area contributed by atoms with E-state index in [0.29, 0.717) is 0 Å². The van der Waals surface area contributed by atoms with Crippen LogP contribution in [0, 0.1) is 11.6 Å². The van der Waals surface area contributed by atoms with E-state index in [1.807, 2.05) is 0 Å². The lowest BCUT2D eigenvalue weighted by Crippen LogP contribution is -2.33. The van der Waals surface area contributed by atoms with Crippen molar-refractivity contribution in [3.63, 3.8) is 0 Å². The summed E-state index contributed by atoms with van der Waals surface area (Å²) in [5.41, 5.74) is 5.62. The van der Waals surface area contributed by atoms with Gasteiger partial charge in [-0.25, -0.2) is 8.78 Å². The van der Waals surface area contributed by atoms with Crippen LogP contribution in [-0.2, 0) is 16.0 Å². The largest absolute Gasteiger partial charge is 0.468 e. The van der Waals surface area contributed by atoms with Crippen molar-refractivity contribution in [2.45, 2.75) is 12.5 Å². The molecule has 2 N–H and O–H groups in total. The Balaban J connectivity index is 2.76. The van der Waals surface area contributed by atoms with Crippen molar-refractivity contribution < 1.29 is 18.3 Å². The summed E-state index contributed by atoms with van der Waals surface area (Å²) in [6.45, 7) is 0. The Kier molecular flexibility index (Phi) is 3.74. The van der Waals surface area contributed by atoms with Gasteiger partial charge in [0.1, 0.15) is 17.7 Å². The van der Waals surface area contributed by atoms with Crippen LogP contribution >= 0.6 is 0 Å². The summed E-state index contributed by atoms with van der Waals surface area (Å²) >= 11 is 0. The third kappa shape index (κ3) is 2.99. The number of hydrogen-bond donors (Lipinski definition) is 1. The Morgan fingerprint density at radius 3 is 2.73 bits per heavy atom. The second-order valence-corrected chi connectivity index (χ2v) is 3.07. The van der Waals surface area contributed by atoms with Gasteiger partial charge in [0.2, 0.25) is 0 Å². The minimum atomic E-state index is -0.935. The Hall–Kier alpha value is -1.49. The number of benzene rings is 1. The number of esters is 1. The molecule has 0 aromatic heterocycles. The van der Waals surface area contributed by atoms with Crippen molar-refractivity contribution >= 4 is 5.97 Å². The van der Waals surface area contributed by atoms with Crippen molar-refractivity contribution in [1.29, 1.82) is 0 Å². The lowest BCUT2D eigenvalue weighted by Gasteiger charge is -2.09. The molecule has 0 saturated heterocycles. The van der Waals surface area contributed by atoms with Crippen LogP contribution in [0.3, 0.4) is 0 Å². The molecule has 15 heavy (non-hydrogen) atoms. The molecule has 3 nitrogen and oxygen atoms in total. The highest BCUT2D eigenvalue weighted by molar-refractivity contribution is 5.75. The van der Waals surface area contributed by atoms with Gasteiger partial charge in [-0.1, -0.05) is 6.07 Å². The van der Waals surface area contributed by atoms with Gasteiger partial charge in [-0.05, 0) is 11.6 Å². The van der Waals surface area contributed by atoms with E-state index >= 15 is 0 Å². The Labute approximate surface area is 85.8 Å². The first-order valence-corrected chi connectivity index (χ1v) is 4.32. The molecule has 1 rings (SSSR count). The monoisotopic (exact) mass is 215 g/mol. The fraction of sp³-hybridized carbons (Fsp3) is 0.300. The number of ether oxygens (including phenoxy) is 1. The van der Waals surface area contributed by atoms with E-state index in [-0.39, 0.29) is 12.0 Å². The maximum atomic E-state index is 13.1. The summed E-state index contributed by atoms with van der Waals surface area (Å²) in [7, 11) is 1.20. The van der Waals surface area contributed by atoms with E-state index in [1.165, 1.54) is 13.2 Å². The minimum absolute atomic E-state index is 0.0151. The second kappa shape index (κ2) is 4.84. The van der Waals surface area contributed by atoms with Crippen LogP contribution in [-0.4, -0.2) is 19.1 Å². The predicted octanol–water partition coefficient (Wildman–Crippen LogP) is 1.01. The van der Waals surface area contributed by atoms with E-state index in [0.717, 1.165) is 12.1 Å². The van der Waals surface area contributed by atoms with Crippen molar-refractivity contribution in [1.82, 2.24) is 0 Å². The summed E-state index contributed by atoms with van der Waals surface area (Å²) < 4.78 is 30.1. The van der Waals surface area contributed by atoms with Gasteiger partial charge in [0.25, 0.3) is 0 Å². The molecule has 0 aliphatic rings. The van der Waals surface area contributed by atoms with E-state index in [9.17, 15) is 13.6 Å². The number of nitrogens with two attached hydrogens (primary N) is 1. The zero-order valence-corrected chi connectivity index (χ0v) is 8.17. The minimum Gasteiger partial charge on any atom is -0.468 e.